The maximum atomic E-state index is 13.0. The molecule has 9 nitrogen and oxygen atoms in total. The number of hydrogen-bond acceptors (Lipinski definition) is 7. The summed E-state index contributed by atoms with van der Waals surface area (Å²) in [4.78, 5) is 26.1. The summed E-state index contributed by atoms with van der Waals surface area (Å²) in [6, 6.07) is 6.10. The number of ether oxygens (including phenoxy) is 2. The number of carbonyl (C=O) groups is 2. The molecule has 0 saturated heterocycles. The number of nitrogens with zero attached hydrogens (tertiary/aromatic N) is 2. The monoisotopic (exact) mass is 573 g/mol. The van der Waals surface area contributed by atoms with Gasteiger partial charge < -0.3 is 14.8 Å². The van der Waals surface area contributed by atoms with E-state index in [0.29, 0.717) is 63.2 Å². The number of amides is 1. The number of benzene rings is 1. The van der Waals surface area contributed by atoms with Crippen molar-refractivity contribution in [3.8, 4) is 0 Å². The van der Waals surface area contributed by atoms with Crippen LogP contribution < -0.4 is 5.32 Å². The van der Waals surface area contributed by atoms with Crippen LogP contribution in [0.3, 0.4) is 0 Å². The first kappa shape index (κ1) is 30.2. The number of esters is 1. The van der Waals surface area contributed by atoms with E-state index in [4.69, 9.17) is 14.6 Å². The minimum absolute atomic E-state index is 0.115. The predicted molar refractivity (Wildman–Crippen MR) is 152 cm³/mol. The standard InChI is InChI=1S/C30H43N3O6S/c1-4-33-27-25(12-8-18-38-19-9-17-31-28(27)34)26(32-33)20-30(2,3)21-39-29(35)22-13-15-24(16-14-22)40(36,37)23-10-6-5-7-11-23/h13-16,23H,4-12,17-21H2,1-3H3,(H,31,34). The van der Waals surface area contributed by atoms with Crippen LogP contribution in [0.1, 0.15) is 97.8 Å². The largest absolute Gasteiger partial charge is 0.462 e. The summed E-state index contributed by atoms with van der Waals surface area (Å²) in [6.45, 7) is 8.52. The van der Waals surface area contributed by atoms with Crippen molar-refractivity contribution in [1.82, 2.24) is 15.1 Å². The van der Waals surface area contributed by atoms with Gasteiger partial charge in [0, 0.05) is 43.7 Å². The van der Waals surface area contributed by atoms with E-state index in [0.717, 1.165) is 43.4 Å². The maximum Gasteiger partial charge on any atom is 0.338 e. The Morgan fingerprint density at radius 2 is 1.80 bits per heavy atom. The highest BCUT2D eigenvalue weighted by Crippen LogP contribution is 2.30. The number of hydrogen-bond donors (Lipinski definition) is 1. The molecular weight excluding hydrogens is 530 g/mol. The van der Waals surface area contributed by atoms with E-state index in [1.54, 1.807) is 4.68 Å². The minimum atomic E-state index is -3.39. The normalized spacial score (nSPS) is 17.9. The third kappa shape index (κ3) is 7.32. The van der Waals surface area contributed by atoms with Gasteiger partial charge in [-0.3, -0.25) is 9.48 Å². The summed E-state index contributed by atoms with van der Waals surface area (Å²) in [5, 5.41) is 7.44. The first-order valence-corrected chi connectivity index (χ1v) is 16.1. The van der Waals surface area contributed by atoms with Gasteiger partial charge in [-0.2, -0.15) is 5.10 Å². The van der Waals surface area contributed by atoms with Gasteiger partial charge in [0.25, 0.3) is 5.91 Å². The van der Waals surface area contributed by atoms with Crippen molar-refractivity contribution in [3.05, 3.63) is 46.8 Å². The lowest BCUT2D eigenvalue weighted by Crippen LogP contribution is -2.28. The Balaban J connectivity index is 1.43. The summed E-state index contributed by atoms with van der Waals surface area (Å²) >= 11 is 0. The molecule has 40 heavy (non-hydrogen) atoms. The molecule has 1 amide bonds. The number of aromatic nitrogens is 2. The second-order valence-electron chi connectivity index (χ2n) is 11.7. The average molecular weight is 574 g/mol. The van der Waals surface area contributed by atoms with Gasteiger partial charge in [0.2, 0.25) is 0 Å². The Labute approximate surface area is 237 Å². The van der Waals surface area contributed by atoms with Crippen LogP contribution in [0.5, 0.6) is 0 Å². The Hall–Kier alpha value is -2.72. The molecule has 2 aromatic rings. The Bertz CT molecular complexity index is 1280. The van der Waals surface area contributed by atoms with Crippen LogP contribution >= 0.6 is 0 Å². The summed E-state index contributed by atoms with van der Waals surface area (Å²) in [5.41, 5.74) is 2.25. The van der Waals surface area contributed by atoms with Crippen LogP contribution in [0, 0.1) is 5.41 Å². The van der Waals surface area contributed by atoms with Crippen LogP contribution in [-0.2, 0) is 38.7 Å². The molecule has 4 rings (SSSR count). The number of nitrogens with one attached hydrogen (secondary N) is 1. The van der Waals surface area contributed by atoms with Crippen LogP contribution in [0.4, 0.5) is 0 Å². The average Bonchev–Trinajstić information content (AvgIpc) is 3.27. The number of fused-ring (bicyclic) bond motifs is 1. The third-order valence-corrected chi connectivity index (χ3v) is 10.0. The number of aryl methyl sites for hydroxylation is 1. The Kier molecular flexibility index (Phi) is 10.1. The van der Waals surface area contributed by atoms with Gasteiger partial charge in [-0.05, 0) is 63.3 Å². The van der Waals surface area contributed by atoms with Gasteiger partial charge in [0.1, 0.15) is 5.69 Å². The van der Waals surface area contributed by atoms with Crippen molar-refractivity contribution in [2.75, 3.05) is 26.4 Å². The van der Waals surface area contributed by atoms with E-state index in [1.807, 2.05) is 20.8 Å². The van der Waals surface area contributed by atoms with Gasteiger partial charge in [0.15, 0.2) is 9.84 Å². The van der Waals surface area contributed by atoms with Gasteiger partial charge in [-0.15, -0.1) is 0 Å². The lowest BCUT2D eigenvalue weighted by Gasteiger charge is -2.24. The van der Waals surface area contributed by atoms with E-state index < -0.39 is 21.2 Å². The van der Waals surface area contributed by atoms with E-state index in [9.17, 15) is 18.0 Å². The first-order valence-electron chi connectivity index (χ1n) is 14.6. The maximum absolute atomic E-state index is 13.0. The summed E-state index contributed by atoms with van der Waals surface area (Å²) in [6.07, 6.45) is 7.13. The Morgan fingerprint density at radius 3 is 2.50 bits per heavy atom. The molecule has 0 spiro atoms. The number of rotatable bonds is 8. The molecule has 1 aliphatic heterocycles. The summed E-state index contributed by atoms with van der Waals surface area (Å²) < 4.78 is 39.1. The zero-order chi connectivity index (χ0) is 28.8. The number of carbonyl (C=O) groups excluding carboxylic acids is 2. The fraction of sp³-hybridized carbons (Fsp3) is 0.633. The fourth-order valence-electron chi connectivity index (χ4n) is 5.55. The predicted octanol–water partition coefficient (Wildman–Crippen LogP) is 4.52. The van der Waals surface area contributed by atoms with Crippen LogP contribution in [0.15, 0.2) is 29.2 Å². The van der Waals surface area contributed by atoms with E-state index in [2.05, 4.69) is 5.32 Å². The van der Waals surface area contributed by atoms with Crippen LogP contribution in [0.2, 0.25) is 0 Å². The summed E-state index contributed by atoms with van der Waals surface area (Å²) in [7, 11) is -3.39. The van der Waals surface area contributed by atoms with Crippen molar-refractivity contribution in [2.45, 2.75) is 95.2 Å². The summed E-state index contributed by atoms with van der Waals surface area (Å²) in [5.74, 6) is -0.611. The highest BCUT2D eigenvalue weighted by molar-refractivity contribution is 7.92. The lowest BCUT2D eigenvalue weighted by atomic mass is 9.86. The molecule has 1 aromatic heterocycles. The van der Waals surface area contributed by atoms with Crippen LogP contribution in [0.25, 0.3) is 0 Å². The van der Waals surface area contributed by atoms with Crippen LogP contribution in [-0.4, -0.2) is 61.7 Å². The Morgan fingerprint density at radius 1 is 1.10 bits per heavy atom. The van der Waals surface area contributed by atoms with E-state index in [1.165, 1.54) is 24.3 Å². The smallest absolute Gasteiger partial charge is 0.338 e. The molecule has 1 aromatic carbocycles. The molecule has 2 aliphatic rings. The quantitative estimate of drug-likeness (QED) is 0.462. The molecule has 2 heterocycles. The second kappa shape index (κ2) is 13.3. The molecule has 0 radical (unpaired) electrons. The van der Waals surface area contributed by atoms with E-state index in [-0.39, 0.29) is 22.7 Å². The number of sulfone groups is 1. The lowest BCUT2D eigenvalue weighted by molar-refractivity contribution is 0.0339. The second-order valence-corrected chi connectivity index (χ2v) is 13.9. The van der Waals surface area contributed by atoms with Crippen molar-refractivity contribution in [1.29, 1.82) is 0 Å². The minimum Gasteiger partial charge on any atom is -0.462 e. The molecule has 0 bridgehead atoms. The van der Waals surface area contributed by atoms with Crippen molar-refractivity contribution in [3.63, 3.8) is 0 Å². The van der Waals surface area contributed by atoms with Crippen molar-refractivity contribution in [2.24, 2.45) is 5.41 Å². The zero-order valence-corrected chi connectivity index (χ0v) is 24.9. The third-order valence-electron chi connectivity index (χ3n) is 7.76. The van der Waals surface area contributed by atoms with Crippen molar-refractivity contribution < 1.29 is 27.5 Å². The fourth-order valence-corrected chi connectivity index (χ4v) is 7.40. The van der Waals surface area contributed by atoms with Crippen molar-refractivity contribution >= 4 is 21.7 Å². The molecule has 1 N–H and O–H groups in total. The molecule has 220 valence electrons. The topological polar surface area (TPSA) is 117 Å². The highest BCUT2D eigenvalue weighted by atomic mass is 32.2. The van der Waals surface area contributed by atoms with Gasteiger partial charge >= 0.3 is 5.97 Å². The molecule has 1 aliphatic carbocycles. The molecule has 0 unspecified atom stereocenters. The van der Waals surface area contributed by atoms with Gasteiger partial charge in [-0.1, -0.05) is 33.1 Å². The molecular formula is C30H43N3O6S. The van der Waals surface area contributed by atoms with Gasteiger partial charge in [-0.25, -0.2) is 13.2 Å². The molecule has 1 fully saturated rings. The van der Waals surface area contributed by atoms with E-state index >= 15 is 0 Å². The molecule has 10 heteroatoms. The SMILES string of the molecule is CCn1nc(CC(C)(C)COC(=O)c2ccc(S(=O)(=O)C3CCCCC3)cc2)c2c1C(=O)NCCCOCCC2. The van der Waals surface area contributed by atoms with Gasteiger partial charge in [0.05, 0.1) is 28.0 Å². The molecule has 0 atom stereocenters. The highest BCUT2D eigenvalue weighted by Gasteiger charge is 2.30. The molecule has 1 saturated carbocycles. The zero-order valence-electron chi connectivity index (χ0n) is 24.0. The first-order chi connectivity index (χ1) is 19.1.